The molecule has 2 fully saturated rings. The highest BCUT2D eigenvalue weighted by molar-refractivity contribution is 7.92. The number of carbonyl (C=O) groups excluding carboxylic acids is 1. The molecule has 1 aromatic carbocycles. The fourth-order valence-corrected chi connectivity index (χ4v) is 5.67. The fraction of sp³-hybridized carbons (Fsp3) is 0.556. The maximum Gasteiger partial charge on any atom is 0.490 e. The first-order valence-corrected chi connectivity index (χ1v) is 10.7. The number of sulfone groups is 1. The maximum atomic E-state index is 12.6. The average Bonchev–Trinajstić information content (AvgIpc) is 2.89. The van der Waals surface area contributed by atoms with Crippen LogP contribution in [0, 0.1) is 0 Å². The summed E-state index contributed by atoms with van der Waals surface area (Å²) < 4.78 is 56.4. The molecular formula is C18H23F3N2O5S. The van der Waals surface area contributed by atoms with Gasteiger partial charge in [0.25, 0.3) is 5.91 Å². The lowest BCUT2D eigenvalue weighted by Gasteiger charge is -2.37. The van der Waals surface area contributed by atoms with Crippen LogP contribution in [0.3, 0.4) is 0 Å². The van der Waals surface area contributed by atoms with Gasteiger partial charge in [0.15, 0.2) is 9.84 Å². The van der Waals surface area contributed by atoms with Crippen LogP contribution >= 0.6 is 0 Å². The lowest BCUT2D eigenvalue weighted by Crippen LogP contribution is -2.52. The quantitative estimate of drug-likeness (QED) is 0.720. The Balaban J connectivity index is 0.000000370. The molecular weight excluding hydrogens is 413 g/mol. The molecule has 2 aliphatic heterocycles. The van der Waals surface area contributed by atoms with Crippen LogP contribution in [0.5, 0.6) is 0 Å². The molecule has 1 N–H and O–H groups in total. The maximum absolute atomic E-state index is 12.6. The summed E-state index contributed by atoms with van der Waals surface area (Å²) in [6.45, 7) is 1.73. The van der Waals surface area contributed by atoms with E-state index in [0.29, 0.717) is 31.6 Å². The SMILES string of the molecule is CN1CCS(=O)(=O)[C@@H]2CCN(C(=O)c3ccccc3)CC[C@@H]21.O=C(O)C(F)(F)F. The number of benzene rings is 1. The van der Waals surface area contributed by atoms with E-state index in [0.717, 1.165) is 6.42 Å². The summed E-state index contributed by atoms with van der Waals surface area (Å²) >= 11 is 0. The number of carbonyl (C=O) groups is 2. The zero-order chi connectivity index (χ0) is 21.8. The Bertz CT molecular complexity index is 830. The second-order valence-corrected chi connectivity index (χ2v) is 9.33. The van der Waals surface area contributed by atoms with Crippen molar-refractivity contribution in [3.05, 3.63) is 35.9 Å². The predicted octanol–water partition coefficient (Wildman–Crippen LogP) is 1.65. The van der Waals surface area contributed by atoms with Gasteiger partial charge in [0.1, 0.15) is 0 Å². The third kappa shape index (κ3) is 5.92. The number of carboxylic acids is 1. The van der Waals surface area contributed by atoms with Crippen molar-refractivity contribution in [3.63, 3.8) is 0 Å². The Morgan fingerprint density at radius 2 is 1.62 bits per heavy atom. The minimum atomic E-state index is -5.08. The smallest absolute Gasteiger partial charge is 0.475 e. The molecule has 0 saturated carbocycles. The zero-order valence-corrected chi connectivity index (χ0v) is 16.6. The normalized spacial score (nSPS) is 24.5. The van der Waals surface area contributed by atoms with Crippen LogP contribution < -0.4 is 0 Å². The summed E-state index contributed by atoms with van der Waals surface area (Å²) in [5.41, 5.74) is 0.670. The van der Waals surface area contributed by atoms with Crippen molar-refractivity contribution in [1.82, 2.24) is 9.80 Å². The van der Waals surface area contributed by atoms with Gasteiger partial charge in [-0.05, 0) is 32.0 Å². The summed E-state index contributed by atoms with van der Waals surface area (Å²) in [7, 11) is -1.05. The first kappa shape index (κ1) is 23.1. The van der Waals surface area contributed by atoms with Crippen molar-refractivity contribution >= 4 is 21.7 Å². The van der Waals surface area contributed by atoms with E-state index in [1.807, 2.05) is 37.4 Å². The van der Waals surface area contributed by atoms with E-state index in [1.165, 1.54) is 0 Å². The van der Waals surface area contributed by atoms with Crippen molar-refractivity contribution < 1.29 is 36.3 Å². The molecule has 0 unspecified atom stereocenters. The van der Waals surface area contributed by atoms with Crippen molar-refractivity contribution in [1.29, 1.82) is 0 Å². The molecule has 0 spiro atoms. The molecule has 3 rings (SSSR count). The fourth-order valence-electron chi connectivity index (χ4n) is 3.54. The summed E-state index contributed by atoms with van der Waals surface area (Å²) in [5.74, 6) is -2.52. The molecule has 2 atom stereocenters. The number of alkyl halides is 3. The standard InChI is InChI=1S/C16H22N2O3S.C2HF3O2/c1-17-11-12-22(20,21)15-8-10-18(9-7-14(15)17)16(19)13-5-3-2-4-6-13;3-2(4,5)1(6)7/h2-6,14-15H,7-12H2,1H3;(H,6,7)/t14-,15+;/m0./s1. The Labute approximate surface area is 167 Å². The molecule has 1 aromatic rings. The van der Waals surface area contributed by atoms with Crippen LogP contribution in [0.25, 0.3) is 0 Å². The largest absolute Gasteiger partial charge is 0.490 e. The van der Waals surface area contributed by atoms with Gasteiger partial charge in [-0.15, -0.1) is 0 Å². The monoisotopic (exact) mass is 436 g/mol. The number of amides is 1. The molecule has 7 nitrogen and oxygen atoms in total. The molecule has 0 radical (unpaired) electrons. The minimum absolute atomic E-state index is 0.000650. The first-order valence-electron chi connectivity index (χ1n) is 8.99. The van der Waals surface area contributed by atoms with Gasteiger partial charge in [-0.1, -0.05) is 18.2 Å². The van der Waals surface area contributed by atoms with Crippen LogP contribution in [0.15, 0.2) is 30.3 Å². The number of nitrogens with zero attached hydrogens (tertiary/aromatic N) is 2. The number of halogens is 3. The Hall–Kier alpha value is -2.14. The molecule has 0 bridgehead atoms. The van der Waals surface area contributed by atoms with Gasteiger partial charge in [0.05, 0.1) is 11.0 Å². The molecule has 11 heteroatoms. The highest BCUT2D eigenvalue weighted by Gasteiger charge is 2.42. The second-order valence-electron chi connectivity index (χ2n) is 6.99. The number of fused-ring (bicyclic) bond motifs is 1. The molecule has 2 heterocycles. The molecule has 0 aromatic heterocycles. The summed E-state index contributed by atoms with van der Waals surface area (Å²) in [6, 6.07) is 9.24. The molecule has 2 aliphatic rings. The van der Waals surface area contributed by atoms with Gasteiger partial charge in [-0.25, -0.2) is 13.2 Å². The third-order valence-electron chi connectivity index (χ3n) is 5.11. The van der Waals surface area contributed by atoms with Gasteiger partial charge in [0.2, 0.25) is 0 Å². The van der Waals surface area contributed by atoms with Crippen LogP contribution in [0.2, 0.25) is 0 Å². The van der Waals surface area contributed by atoms with E-state index < -0.39 is 22.0 Å². The van der Waals surface area contributed by atoms with Crippen LogP contribution in [0.1, 0.15) is 23.2 Å². The van der Waals surface area contributed by atoms with Crippen molar-refractivity contribution in [2.75, 3.05) is 32.4 Å². The van der Waals surface area contributed by atoms with Crippen molar-refractivity contribution in [2.45, 2.75) is 30.3 Å². The number of hydrogen-bond donors (Lipinski definition) is 1. The average molecular weight is 436 g/mol. The lowest BCUT2D eigenvalue weighted by atomic mass is 10.1. The van der Waals surface area contributed by atoms with Gasteiger partial charge in [0, 0.05) is 31.2 Å². The third-order valence-corrected chi connectivity index (χ3v) is 7.34. The highest BCUT2D eigenvalue weighted by atomic mass is 32.2. The van der Waals surface area contributed by atoms with E-state index in [9.17, 15) is 26.4 Å². The molecule has 162 valence electrons. The number of aliphatic carboxylic acids is 1. The molecule has 0 aliphatic carbocycles. The molecule has 29 heavy (non-hydrogen) atoms. The first-order chi connectivity index (χ1) is 13.4. The van der Waals surface area contributed by atoms with Gasteiger partial charge < -0.3 is 14.9 Å². The van der Waals surface area contributed by atoms with E-state index in [-0.39, 0.29) is 23.0 Å². The van der Waals surface area contributed by atoms with E-state index in [1.54, 1.807) is 4.90 Å². The summed E-state index contributed by atoms with van der Waals surface area (Å²) in [6.07, 6.45) is -3.82. The Morgan fingerprint density at radius 1 is 1.07 bits per heavy atom. The topological polar surface area (TPSA) is 95.0 Å². The van der Waals surface area contributed by atoms with Crippen LogP contribution in [-0.2, 0) is 14.6 Å². The number of likely N-dealkylation sites (tertiary alicyclic amines) is 1. The predicted molar refractivity (Wildman–Crippen MR) is 99.3 cm³/mol. The van der Waals surface area contributed by atoms with Crippen LogP contribution in [-0.4, -0.2) is 85.1 Å². The van der Waals surface area contributed by atoms with Crippen molar-refractivity contribution in [2.24, 2.45) is 0 Å². The van der Waals surface area contributed by atoms with E-state index in [4.69, 9.17) is 9.90 Å². The van der Waals surface area contributed by atoms with E-state index >= 15 is 0 Å². The van der Waals surface area contributed by atoms with E-state index in [2.05, 4.69) is 4.90 Å². The lowest BCUT2D eigenvalue weighted by molar-refractivity contribution is -0.192. The van der Waals surface area contributed by atoms with Crippen LogP contribution in [0.4, 0.5) is 13.2 Å². The number of carboxylic acid groups (broad SMARTS) is 1. The van der Waals surface area contributed by atoms with Gasteiger partial charge in [-0.2, -0.15) is 13.2 Å². The van der Waals surface area contributed by atoms with Crippen molar-refractivity contribution in [3.8, 4) is 0 Å². The Morgan fingerprint density at radius 3 is 2.17 bits per heavy atom. The number of rotatable bonds is 1. The Kier molecular flexibility index (Phi) is 7.28. The molecule has 1 amide bonds. The summed E-state index contributed by atoms with van der Waals surface area (Å²) in [4.78, 5) is 25.4. The highest BCUT2D eigenvalue weighted by Crippen LogP contribution is 2.27. The van der Waals surface area contributed by atoms with Gasteiger partial charge >= 0.3 is 12.1 Å². The summed E-state index contributed by atoms with van der Waals surface area (Å²) in [5, 5.41) is 6.79. The number of hydrogen-bond acceptors (Lipinski definition) is 5. The zero-order valence-electron chi connectivity index (χ0n) is 15.8. The second kappa shape index (κ2) is 9.12. The van der Waals surface area contributed by atoms with Gasteiger partial charge in [-0.3, -0.25) is 4.79 Å². The minimum Gasteiger partial charge on any atom is -0.475 e. The molecule has 2 saturated heterocycles.